The summed E-state index contributed by atoms with van der Waals surface area (Å²) < 4.78 is 1.92. The molecule has 1 saturated heterocycles. The van der Waals surface area contributed by atoms with Crippen LogP contribution in [-0.2, 0) is 17.6 Å². The zero-order valence-corrected chi connectivity index (χ0v) is 22.9. The van der Waals surface area contributed by atoms with Gasteiger partial charge in [0.05, 0.1) is 11.4 Å². The summed E-state index contributed by atoms with van der Waals surface area (Å²) in [5, 5.41) is 9.01. The number of aromatic nitrogens is 3. The highest BCUT2D eigenvalue weighted by Gasteiger charge is 2.20. The van der Waals surface area contributed by atoms with E-state index in [9.17, 15) is 4.79 Å². The number of amides is 1. The number of hydrogen-bond acceptors (Lipinski definition) is 4. The van der Waals surface area contributed by atoms with Crippen molar-refractivity contribution in [2.24, 2.45) is 5.92 Å². The molecule has 1 amide bonds. The van der Waals surface area contributed by atoms with Crippen molar-refractivity contribution in [3.63, 3.8) is 0 Å². The fourth-order valence-corrected chi connectivity index (χ4v) is 5.87. The first kappa shape index (κ1) is 26.1. The maximum atomic E-state index is 12.7. The zero-order chi connectivity index (χ0) is 26.5. The number of piperidine rings is 1. The van der Waals surface area contributed by atoms with Gasteiger partial charge in [-0.2, -0.15) is 5.10 Å². The summed E-state index contributed by atoms with van der Waals surface area (Å²) in [6.07, 6.45) is 4.80. The highest BCUT2D eigenvalue weighted by atomic mass is 16.1. The molecule has 1 fully saturated rings. The lowest BCUT2D eigenvalue weighted by Gasteiger charge is -2.32. The molecule has 0 radical (unpaired) electrons. The van der Waals surface area contributed by atoms with Crippen LogP contribution in [0.3, 0.4) is 0 Å². The van der Waals surface area contributed by atoms with Crippen molar-refractivity contribution < 1.29 is 4.79 Å². The van der Waals surface area contributed by atoms with Crippen LogP contribution in [0.4, 0.5) is 0 Å². The van der Waals surface area contributed by atoms with Crippen LogP contribution in [0.25, 0.3) is 16.7 Å². The van der Waals surface area contributed by atoms with E-state index in [4.69, 9.17) is 10.1 Å². The molecule has 2 aromatic heterocycles. The Morgan fingerprint density at radius 2 is 1.63 bits per heavy atom. The Hall–Kier alpha value is -3.51. The molecule has 1 N–H and O–H groups in total. The Morgan fingerprint density at radius 3 is 2.34 bits per heavy atom. The van der Waals surface area contributed by atoms with E-state index in [1.54, 1.807) is 0 Å². The van der Waals surface area contributed by atoms with Crippen LogP contribution in [0.1, 0.15) is 47.3 Å². The minimum Gasteiger partial charge on any atom is -0.355 e. The highest BCUT2D eigenvalue weighted by molar-refractivity contribution is 5.85. The first-order chi connectivity index (χ1) is 18.5. The topological polar surface area (TPSA) is 63.1 Å². The van der Waals surface area contributed by atoms with Crippen molar-refractivity contribution in [3.05, 3.63) is 88.7 Å². The van der Waals surface area contributed by atoms with Crippen molar-refractivity contribution in [2.45, 2.75) is 52.9 Å². The van der Waals surface area contributed by atoms with Crippen LogP contribution in [0.5, 0.6) is 0 Å². The average Bonchev–Trinajstić information content (AvgIpc) is 3.26. The van der Waals surface area contributed by atoms with E-state index in [-0.39, 0.29) is 5.91 Å². The number of para-hydroxylation sites is 1. The lowest BCUT2D eigenvalue weighted by Crippen LogP contribution is -2.40. The average molecular weight is 510 g/mol. The molecule has 38 heavy (non-hydrogen) atoms. The molecule has 3 heterocycles. The Morgan fingerprint density at radius 1 is 0.947 bits per heavy atom. The van der Waals surface area contributed by atoms with Gasteiger partial charge in [-0.1, -0.05) is 48.5 Å². The number of benzene rings is 2. The van der Waals surface area contributed by atoms with Crippen LogP contribution >= 0.6 is 0 Å². The zero-order valence-electron chi connectivity index (χ0n) is 22.9. The van der Waals surface area contributed by atoms with Gasteiger partial charge >= 0.3 is 0 Å². The number of aryl methyl sites for hydroxylation is 3. The quantitative estimate of drug-likeness (QED) is 0.330. The molecular formula is C32H39N5O. The maximum absolute atomic E-state index is 12.7. The third-order valence-electron chi connectivity index (χ3n) is 8.00. The van der Waals surface area contributed by atoms with E-state index in [0.29, 0.717) is 19.4 Å². The molecule has 0 bridgehead atoms. The van der Waals surface area contributed by atoms with Gasteiger partial charge in [0.15, 0.2) is 5.65 Å². The van der Waals surface area contributed by atoms with Crippen molar-refractivity contribution in [1.82, 2.24) is 25.0 Å². The van der Waals surface area contributed by atoms with Crippen molar-refractivity contribution in [3.8, 4) is 5.69 Å². The monoisotopic (exact) mass is 509 g/mol. The Kier molecular flexibility index (Phi) is 8.18. The van der Waals surface area contributed by atoms with Crippen LogP contribution in [-0.4, -0.2) is 51.8 Å². The van der Waals surface area contributed by atoms with Crippen LogP contribution in [0.2, 0.25) is 0 Å². The van der Waals surface area contributed by atoms with Gasteiger partial charge in [-0.15, -0.1) is 0 Å². The van der Waals surface area contributed by atoms with Gasteiger partial charge in [0.25, 0.3) is 0 Å². The first-order valence-corrected chi connectivity index (χ1v) is 13.9. The van der Waals surface area contributed by atoms with E-state index in [1.165, 1.54) is 30.4 Å². The van der Waals surface area contributed by atoms with Crippen LogP contribution in [0.15, 0.2) is 60.7 Å². The van der Waals surface area contributed by atoms with Gasteiger partial charge in [-0.05, 0) is 94.3 Å². The summed E-state index contributed by atoms with van der Waals surface area (Å²) in [4.78, 5) is 20.1. The molecule has 0 atom stereocenters. The molecule has 0 aliphatic carbocycles. The number of carbonyl (C=O) groups is 1. The van der Waals surface area contributed by atoms with Gasteiger partial charge < -0.3 is 10.2 Å². The van der Waals surface area contributed by atoms with Gasteiger partial charge in [-0.3, -0.25) is 4.79 Å². The Labute approximate surface area is 226 Å². The third-order valence-corrected chi connectivity index (χ3v) is 8.00. The van der Waals surface area contributed by atoms with E-state index in [1.807, 2.05) is 48.9 Å². The molecule has 198 valence electrons. The normalized spacial score (nSPS) is 14.7. The summed E-state index contributed by atoms with van der Waals surface area (Å²) in [6, 6.07) is 20.9. The summed E-state index contributed by atoms with van der Waals surface area (Å²) in [5.74, 6) is 0.878. The number of nitrogens with zero attached hydrogens (tertiary/aromatic N) is 4. The molecule has 0 spiro atoms. The molecule has 1 aliphatic heterocycles. The maximum Gasteiger partial charge on any atom is 0.220 e. The van der Waals surface area contributed by atoms with E-state index in [2.05, 4.69) is 47.5 Å². The van der Waals surface area contributed by atoms with Crippen LogP contribution in [0, 0.1) is 26.7 Å². The van der Waals surface area contributed by atoms with Gasteiger partial charge in [0.2, 0.25) is 5.91 Å². The largest absolute Gasteiger partial charge is 0.355 e. The second kappa shape index (κ2) is 11.9. The number of hydrogen-bond donors (Lipinski definition) is 1. The summed E-state index contributed by atoms with van der Waals surface area (Å²) in [5.41, 5.74) is 7.60. The molecule has 0 saturated carbocycles. The van der Waals surface area contributed by atoms with Gasteiger partial charge in [0.1, 0.15) is 0 Å². The highest BCUT2D eigenvalue weighted by Crippen LogP contribution is 2.28. The number of likely N-dealkylation sites (tertiary alicyclic amines) is 1. The number of carbonyl (C=O) groups excluding carboxylic acids is 1. The van der Waals surface area contributed by atoms with E-state index < -0.39 is 0 Å². The smallest absolute Gasteiger partial charge is 0.220 e. The Bertz CT molecular complexity index is 1370. The fourth-order valence-electron chi connectivity index (χ4n) is 5.87. The predicted molar refractivity (Wildman–Crippen MR) is 154 cm³/mol. The lowest BCUT2D eigenvalue weighted by molar-refractivity contribution is -0.121. The van der Waals surface area contributed by atoms with Crippen molar-refractivity contribution in [2.75, 3.05) is 26.2 Å². The molecule has 2 aromatic carbocycles. The third kappa shape index (κ3) is 5.97. The molecule has 6 nitrogen and oxygen atoms in total. The fraction of sp³-hybridized carbons (Fsp3) is 0.406. The second-order valence-corrected chi connectivity index (χ2v) is 10.7. The molecular weight excluding hydrogens is 470 g/mol. The summed E-state index contributed by atoms with van der Waals surface area (Å²) in [6.45, 7) is 10.1. The molecule has 0 unspecified atom stereocenters. The SMILES string of the molecule is Cc1nc2c(c(C)nn2-c2ccccc2)c(C)c1CCC(=O)NCCN1CCC(Cc2ccccc2)CC1. The number of pyridine rings is 1. The Balaban J connectivity index is 1.11. The molecule has 6 heteroatoms. The number of fused-ring (bicyclic) bond motifs is 1. The van der Waals surface area contributed by atoms with E-state index >= 15 is 0 Å². The summed E-state index contributed by atoms with van der Waals surface area (Å²) >= 11 is 0. The van der Waals surface area contributed by atoms with Gasteiger partial charge in [-0.25, -0.2) is 9.67 Å². The number of rotatable bonds is 9. The first-order valence-electron chi connectivity index (χ1n) is 13.9. The predicted octanol–water partition coefficient (Wildman–Crippen LogP) is 5.35. The molecule has 1 aliphatic rings. The number of nitrogens with one attached hydrogen (secondary N) is 1. The minimum atomic E-state index is 0.111. The molecule has 5 rings (SSSR count). The van der Waals surface area contributed by atoms with E-state index in [0.717, 1.165) is 59.2 Å². The summed E-state index contributed by atoms with van der Waals surface area (Å²) in [7, 11) is 0. The van der Waals surface area contributed by atoms with Crippen molar-refractivity contribution >= 4 is 16.9 Å². The van der Waals surface area contributed by atoms with Gasteiger partial charge in [0, 0.05) is 30.6 Å². The minimum absolute atomic E-state index is 0.111. The van der Waals surface area contributed by atoms with Crippen molar-refractivity contribution in [1.29, 1.82) is 0 Å². The standard InChI is InChI=1S/C32H39N5O/c1-23-29(24(2)34-32-31(23)25(3)35-37(32)28-12-8-5-9-13-28)14-15-30(38)33-18-21-36-19-16-27(17-20-36)22-26-10-6-4-7-11-26/h4-13,27H,14-22H2,1-3H3,(H,33,38). The van der Waals surface area contributed by atoms with Crippen LogP contribution < -0.4 is 5.32 Å². The lowest BCUT2D eigenvalue weighted by atomic mass is 9.90. The molecule has 4 aromatic rings. The second-order valence-electron chi connectivity index (χ2n) is 10.7.